The lowest BCUT2D eigenvalue weighted by molar-refractivity contribution is 0.0754. The second-order valence-electron chi connectivity index (χ2n) is 9.66. The summed E-state index contributed by atoms with van der Waals surface area (Å²) in [6.07, 6.45) is 6.39. The third kappa shape index (κ3) is 5.88. The number of likely N-dealkylation sites (N-methyl/N-ethyl adjacent to an activating group) is 1. The lowest BCUT2D eigenvalue weighted by Crippen LogP contribution is -2.40. The van der Waals surface area contributed by atoms with E-state index in [1.54, 1.807) is 33.9 Å². The molecule has 1 fully saturated rings. The molecule has 3 heterocycles. The van der Waals surface area contributed by atoms with E-state index in [-0.39, 0.29) is 23.7 Å². The van der Waals surface area contributed by atoms with Crippen LogP contribution in [0.1, 0.15) is 62.4 Å². The van der Waals surface area contributed by atoms with E-state index in [0.29, 0.717) is 48.2 Å². The van der Waals surface area contributed by atoms with Gasteiger partial charge in [0.25, 0.3) is 5.91 Å². The normalized spacial score (nSPS) is 18.3. The van der Waals surface area contributed by atoms with Crippen LogP contribution in [0.4, 0.5) is 11.5 Å². The van der Waals surface area contributed by atoms with Crippen LogP contribution in [0.15, 0.2) is 29.2 Å². The number of carbonyl (C=O) groups is 1. The lowest BCUT2D eigenvalue weighted by Gasteiger charge is -2.26. The van der Waals surface area contributed by atoms with E-state index in [1.807, 2.05) is 13.8 Å². The van der Waals surface area contributed by atoms with E-state index in [0.717, 1.165) is 51.7 Å². The number of anilines is 2. The van der Waals surface area contributed by atoms with Crippen molar-refractivity contribution < 1.29 is 9.53 Å². The first-order valence-corrected chi connectivity index (χ1v) is 13.1. The number of nitrogens with zero attached hydrogens (tertiary/aromatic N) is 4. The summed E-state index contributed by atoms with van der Waals surface area (Å²) in [5.74, 6) is 1.38. The molecule has 2 aromatic rings. The molecule has 1 amide bonds. The Bertz CT molecular complexity index is 1120. The number of rotatable bonds is 9. The Balaban J connectivity index is 1.50. The molecule has 2 unspecified atom stereocenters. The molecule has 196 valence electrons. The minimum atomic E-state index is -0.299. The first-order valence-electron chi connectivity index (χ1n) is 13.1. The molecular formula is C26H39N7O3. The van der Waals surface area contributed by atoms with Gasteiger partial charge in [-0.15, -0.1) is 0 Å². The van der Waals surface area contributed by atoms with Gasteiger partial charge in [0.1, 0.15) is 0 Å². The SMILES string of the molecule is CCC(N)CN(CC)C(=O)c1ccc2c(c1)Nc1nc(=O)n(C3CCCN(CCCN)CC3)cc1O2. The molecular weight excluding hydrogens is 458 g/mol. The number of ether oxygens (including phenoxy) is 1. The predicted molar refractivity (Wildman–Crippen MR) is 141 cm³/mol. The third-order valence-corrected chi connectivity index (χ3v) is 7.13. The molecule has 1 aromatic heterocycles. The number of hydrogen-bond acceptors (Lipinski definition) is 8. The van der Waals surface area contributed by atoms with Gasteiger partial charge in [-0.1, -0.05) is 6.92 Å². The van der Waals surface area contributed by atoms with Crippen LogP contribution in [-0.2, 0) is 0 Å². The molecule has 4 rings (SSSR count). The van der Waals surface area contributed by atoms with Gasteiger partial charge in [0.2, 0.25) is 0 Å². The smallest absolute Gasteiger partial charge is 0.350 e. The third-order valence-electron chi connectivity index (χ3n) is 7.13. The maximum atomic E-state index is 13.1. The topological polar surface area (TPSA) is 132 Å². The zero-order valence-electron chi connectivity index (χ0n) is 21.4. The van der Waals surface area contributed by atoms with Crippen LogP contribution in [0.5, 0.6) is 11.5 Å². The highest BCUT2D eigenvalue weighted by Gasteiger charge is 2.25. The second-order valence-corrected chi connectivity index (χ2v) is 9.66. The number of likely N-dealkylation sites (tertiary alicyclic amines) is 1. The van der Waals surface area contributed by atoms with Crippen LogP contribution < -0.4 is 27.2 Å². The van der Waals surface area contributed by atoms with Gasteiger partial charge in [0.05, 0.1) is 11.9 Å². The number of hydrogen-bond donors (Lipinski definition) is 3. The predicted octanol–water partition coefficient (Wildman–Crippen LogP) is 2.67. The van der Waals surface area contributed by atoms with E-state index >= 15 is 0 Å². The number of aromatic nitrogens is 2. The van der Waals surface area contributed by atoms with Crippen molar-refractivity contribution in [2.45, 2.75) is 58.0 Å². The number of benzene rings is 1. The summed E-state index contributed by atoms with van der Waals surface area (Å²) in [4.78, 5) is 34.5. The summed E-state index contributed by atoms with van der Waals surface area (Å²) in [6, 6.07) is 5.31. The molecule has 2 aliphatic heterocycles. The van der Waals surface area contributed by atoms with Crippen LogP contribution >= 0.6 is 0 Å². The molecule has 2 atom stereocenters. The number of carbonyl (C=O) groups excluding carboxylic acids is 1. The summed E-state index contributed by atoms with van der Waals surface area (Å²) in [5.41, 5.74) is 12.6. The zero-order valence-corrected chi connectivity index (χ0v) is 21.4. The van der Waals surface area contributed by atoms with Crippen LogP contribution in [-0.4, -0.2) is 70.6 Å². The van der Waals surface area contributed by atoms with Gasteiger partial charge in [-0.3, -0.25) is 9.36 Å². The Kier molecular flexibility index (Phi) is 8.60. The first kappa shape index (κ1) is 26.1. The molecule has 10 heteroatoms. The van der Waals surface area contributed by atoms with Crippen LogP contribution in [0, 0.1) is 0 Å². The molecule has 10 nitrogen and oxygen atoms in total. The van der Waals surface area contributed by atoms with Crippen molar-refractivity contribution in [3.05, 3.63) is 40.4 Å². The molecule has 0 radical (unpaired) electrons. The van der Waals surface area contributed by atoms with E-state index in [2.05, 4.69) is 15.2 Å². The Morgan fingerprint density at radius 1 is 1.28 bits per heavy atom. The molecule has 0 saturated carbocycles. The molecule has 1 aromatic carbocycles. The Labute approximate surface area is 212 Å². The van der Waals surface area contributed by atoms with Crippen molar-refractivity contribution in [1.29, 1.82) is 0 Å². The van der Waals surface area contributed by atoms with Crippen molar-refractivity contribution in [1.82, 2.24) is 19.4 Å². The summed E-state index contributed by atoms with van der Waals surface area (Å²) in [7, 11) is 0. The minimum Gasteiger partial charge on any atom is -0.450 e. The molecule has 0 spiro atoms. The van der Waals surface area contributed by atoms with Crippen molar-refractivity contribution in [3.8, 4) is 11.5 Å². The lowest BCUT2D eigenvalue weighted by atomic mass is 10.1. The van der Waals surface area contributed by atoms with Crippen LogP contribution in [0.3, 0.4) is 0 Å². The van der Waals surface area contributed by atoms with Gasteiger partial charge in [-0.25, -0.2) is 4.79 Å². The van der Waals surface area contributed by atoms with Crippen molar-refractivity contribution in [2.75, 3.05) is 44.6 Å². The van der Waals surface area contributed by atoms with Gasteiger partial charge < -0.3 is 31.3 Å². The standard InChI is InChI=1S/C26H39N7O3/c1-3-19(28)16-32(4-2)25(34)18-8-9-22-21(15-18)29-24-23(36-22)17-33(26(35)30-24)20-7-5-12-31(14-10-20)13-6-11-27/h8-9,15,17,19-20H,3-7,10-14,16,27-28H2,1-2H3,(H,29,30,35). The minimum absolute atomic E-state index is 0.0614. The van der Waals surface area contributed by atoms with Crippen molar-refractivity contribution in [2.24, 2.45) is 11.5 Å². The fraction of sp³-hybridized carbons (Fsp3) is 0.577. The van der Waals surface area contributed by atoms with Crippen molar-refractivity contribution >= 4 is 17.4 Å². The van der Waals surface area contributed by atoms with Crippen molar-refractivity contribution in [3.63, 3.8) is 0 Å². The molecule has 5 N–H and O–H groups in total. The van der Waals surface area contributed by atoms with Gasteiger partial charge in [-0.05, 0) is 76.9 Å². The van der Waals surface area contributed by atoms with E-state index in [9.17, 15) is 9.59 Å². The molecule has 0 aliphatic carbocycles. The molecule has 1 saturated heterocycles. The van der Waals surface area contributed by atoms with Gasteiger partial charge >= 0.3 is 5.69 Å². The molecule has 0 bridgehead atoms. The Morgan fingerprint density at radius 2 is 2.11 bits per heavy atom. The number of amides is 1. The number of nitrogens with two attached hydrogens (primary N) is 2. The largest absolute Gasteiger partial charge is 0.450 e. The highest BCUT2D eigenvalue weighted by Crippen LogP contribution is 2.41. The highest BCUT2D eigenvalue weighted by atomic mass is 16.5. The highest BCUT2D eigenvalue weighted by molar-refractivity contribution is 5.96. The van der Waals surface area contributed by atoms with E-state index in [4.69, 9.17) is 16.2 Å². The quantitative estimate of drug-likeness (QED) is 0.411. The van der Waals surface area contributed by atoms with Gasteiger partial charge in [-0.2, -0.15) is 4.98 Å². The number of fused-ring (bicyclic) bond motifs is 2. The number of nitrogens with one attached hydrogen (secondary N) is 1. The van der Waals surface area contributed by atoms with E-state index < -0.39 is 0 Å². The Hall–Kier alpha value is -2.95. The maximum absolute atomic E-state index is 13.1. The van der Waals surface area contributed by atoms with E-state index in [1.165, 1.54) is 0 Å². The van der Waals surface area contributed by atoms with Crippen LogP contribution in [0.2, 0.25) is 0 Å². The fourth-order valence-electron chi connectivity index (χ4n) is 4.88. The van der Waals surface area contributed by atoms with Gasteiger partial charge in [0, 0.05) is 37.3 Å². The molecule has 36 heavy (non-hydrogen) atoms. The second kappa shape index (κ2) is 11.9. The monoisotopic (exact) mass is 497 g/mol. The van der Waals surface area contributed by atoms with Crippen LogP contribution in [0.25, 0.3) is 0 Å². The summed E-state index contributed by atoms with van der Waals surface area (Å²) in [6.45, 7) is 8.68. The molecule has 2 aliphatic rings. The van der Waals surface area contributed by atoms with Gasteiger partial charge in [0.15, 0.2) is 17.3 Å². The average molecular weight is 498 g/mol. The summed E-state index contributed by atoms with van der Waals surface area (Å²) in [5, 5.41) is 3.19. The zero-order chi connectivity index (χ0) is 25.7. The fourth-order valence-corrected chi connectivity index (χ4v) is 4.88. The Morgan fingerprint density at radius 3 is 2.86 bits per heavy atom. The summed E-state index contributed by atoms with van der Waals surface area (Å²) < 4.78 is 7.83. The average Bonchev–Trinajstić information content (AvgIpc) is 3.13. The first-order chi connectivity index (χ1) is 17.4. The summed E-state index contributed by atoms with van der Waals surface area (Å²) >= 11 is 0. The maximum Gasteiger partial charge on any atom is 0.350 e.